The molecule has 1 aliphatic rings. The summed E-state index contributed by atoms with van der Waals surface area (Å²) in [6, 6.07) is 11.7. The van der Waals surface area contributed by atoms with Gasteiger partial charge >= 0.3 is 0 Å². The highest BCUT2D eigenvalue weighted by molar-refractivity contribution is 6.17. The van der Waals surface area contributed by atoms with Crippen molar-refractivity contribution in [3.8, 4) is 5.75 Å². The number of hydrogen-bond acceptors (Lipinski definition) is 3. The molecule has 0 bridgehead atoms. The Balaban J connectivity index is 1.89. The summed E-state index contributed by atoms with van der Waals surface area (Å²) >= 11 is 0. The number of ether oxygens (including phenoxy) is 1. The van der Waals surface area contributed by atoms with Gasteiger partial charge in [0.15, 0.2) is 0 Å². The number of methoxy groups -OCH3 is 1. The molecule has 0 atom stereocenters. The molecule has 6 heteroatoms. The van der Waals surface area contributed by atoms with Gasteiger partial charge in [-0.15, -0.1) is 0 Å². The maximum atomic E-state index is 13.6. The Bertz CT molecular complexity index is 1150. The number of nitrogens with zero attached hydrogens (tertiary/aromatic N) is 2. The monoisotopic (exact) mass is 405 g/mol. The van der Waals surface area contributed by atoms with Crippen molar-refractivity contribution in [3.05, 3.63) is 53.2 Å². The predicted octanol–water partition coefficient (Wildman–Crippen LogP) is 4.44. The number of para-hydroxylation sites is 1. The fraction of sp³-hybridized carbons (Fsp3) is 0.333. The molecular weight excluding hydrogens is 378 g/mol. The molecule has 4 rings (SSSR count). The van der Waals surface area contributed by atoms with Crippen molar-refractivity contribution in [1.29, 1.82) is 0 Å². The Morgan fingerprint density at radius 2 is 2.03 bits per heavy atom. The van der Waals surface area contributed by atoms with Gasteiger partial charge in [0.2, 0.25) is 5.91 Å². The van der Waals surface area contributed by atoms with Crippen molar-refractivity contribution in [2.45, 2.75) is 33.1 Å². The number of benzene rings is 2. The fourth-order valence-corrected chi connectivity index (χ4v) is 4.32. The van der Waals surface area contributed by atoms with Crippen LogP contribution in [0.15, 0.2) is 36.4 Å². The Morgan fingerprint density at radius 1 is 1.23 bits per heavy atom. The zero-order chi connectivity index (χ0) is 21.4. The number of aryl methyl sites for hydroxylation is 3. The lowest BCUT2D eigenvalue weighted by Crippen LogP contribution is -2.27. The van der Waals surface area contributed by atoms with Gasteiger partial charge in [0, 0.05) is 31.1 Å². The summed E-state index contributed by atoms with van der Waals surface area (Å²) in [5, 5.41) is 3.97. The topological polar surface area (TPSA) is 63.6 Å². The van der Waals surface area contributed by atoms with Crippen molar-refractivity contribution in [2.24, 2.45) is 7.05 Å². The first kappa shape index (κ1) is 20.0. The Labute approximate surface area is 176 Å². The van der Waals surface area contributed by atoms with E-state index in [1.54, 1.807) is 12.0 Å². The molecular formula is C24H27N3O3. The van der Waals surface area contributed by atoms with Crippen LogP contribution in [0.3, 0.4) is 0 Å². The number of carbonyl (C=O) groups excluding carboxylic acids is 2. The SMILES string of the molecule is CCc1cccc(C)c1NC(=O)c1c(N2CCCC2=O)c2cc(OC)ccc2n1C. The summed E-state index contributed by atoms with van der Waals surface area (Å²) in [5.74, 6) is 0.524. The molecule has 3 aromatic rings. The summed E-state index contributed by atoms with van der Waals surface area (Å²) in [6.07, 6.45) is 2.11. The van der Waals surface area contributed by atoms with E-state index in [0.717, 1.165) is 40.6 Å². The van der Waals surface area contributed by atoms with Crippen molar-refractivity contribution in [1.82, 2.24) is 4.57 Å². The van der Waals surface area contributed by atoms with Gasteiger partial charge < -0.3 is 19.5 Å². The molecule has 0 aliphatic carbocycles. The van der Waals surface area contributed by atoms with Crippen LogP contribution in [-0.4, -0.2) is 30.0 Å². The van der Waals surface area contributed by atoms with Crippen LogP contribution in [0.5, 0.6) is 5.75 Å². The van der Waals surface area contributed by atoms with E-state index in [1.807, 2.05) is 54.9 Å². The first-order valence-corrected chi connectivity index (χ1v) is 10.3. The van der Waals surface area contributed by atoms with Gasteiger partial charge in [-0.25, -0.2) is 0 Å². The highest BCUT2D eigenvalue weighted by atomic mass is 16.5. The molecule has 0 radical (unpaired) electrons. The van der Waals surface area contributed by atoms with Gasteiger partial charge in [0.25, 0.3) is 5.91 Å². The lowest BCUT2D eigenvalue weighted by atomic mass is 10.1. The van der Waals surface area contributed by atoms with E-state index in [-0.39, 0.29) is 11.8 Å². The van der Waals surface area contributed by atoms with E-state index in [4.69, 9.17) is 4.74 Å². The average Bonchev–Trinajstić information content (AvgIpc) is 3.29. The molecule has 0 spiro atoms. The molecule has 1 N–H and O–H groups in total. The molecule has 1 saturated heterocycles. The number of fused-ring (bicyclic) bond motifs is 1. The number of carbonyl (C=O) groups is 2. The number of aromatic nitrogens is 1. The summed E-state index contributed by atoms with van der Waals surface area (Å²) in [4.78, 5) is 27.9. The van der Waals surface area contributed by atoms with Gasteiger partial charge in [-0.2, -0.15) is 0 Å². The maximum Gasteiger partial charge on any atom is 0.274 e. The van der Waals surface area contributed by atoms with E-state index < -0.39 is 0 Å². The van der Waals surface area contributed by atoms with E-state index in [2.05, 4.69) is 12.2 Å². The minimum absolute atomic E-state index is 0.0458. The summed E-state index contributed by atoms with van der Waals surface area (Å²) in [6.45, 7) is 4.67. The number of anilines is 2. The largest absolute Gasteiger partial charge is 0.497 e. The average molecular weight is 405 g/mol. The first-order valence-electron chi connectivity index (χ1n) is 10.3. The van der Waals surface area contributed by atoms with Crippen molar-refractivity contribution in [3.63, 3.8) is 0 Å². The van der Waals surface area contributed by atoms with Crippen molar-refractivity contribution < 1.29 is 14.3 Å². The zero-order valence-electron chi connectivity index (χ0n) is 17.9. The number of nitrogens with one attached hydrogen (secondary N) is 1. The van der Waals surface area contributed by atoms with Crippen LogP contribution in [0, 0.1) is 6.92 Å². The zero-order valence-corrected chi connectivity index (χ0v) is 17.9. The van der Waals surface area contributed by atoms with Crippen LogP contribution in [0.4, 0.5) is 11.4 Å². The predicted molar refractivity (Wildman–Crippen MR) is 120 cm³/mol. The normalized spacial score (nSPS) is 13.9. The van der Waals surface area contributed by atoms with Crippen LogP contribution >= 0.6 is 0 Å². The number of amides is 2. The smallest absolute Gasteiger partial charge is 0.274 e. The fourth-order valence-electron chi connectivity index (χ4n) is 4.32. The Hall–Kier alpha value is -3.28. The maximum absolute atomic E-state index is 13.6. The second-order valence-corrected chi connectivity index (χ2v) is 7.70. The molecule has 0 unspecified atom stereocenters. The van der Waals surface area contributed by atoms with Crippen LogP contribution in [0.25, 0.3) is 10.9 Å². The molecule has 156 valence electrons. The molecule has 0 saturated carbocycles. The van der Waals surface area contributed by atoms with Gasteiger partial charge in [0.05, 0.1) is 18.3 Å². The lowest BCUT2D eigenvalue weighted by Gasteiger charge is -2.19. The standard InChI is InChI=1S/C24H27N3O3/c1-5-16-9-6-8-15(2)21(16)25-24(29)23-22(27-13-7-10-20(27)28)18-14-17(30-4)11-12-19(18)26(23)3/h6,8-9,11-12,14H,5,7,10,13H2,1-4H3,(H,25,29). The molecule has 1 fully saturated rings. The van der Waals surface area contributed by atoms with Crippen LogP contribution in [0.1, 0.15) is 41.4 Å². The first-order chi connectivity index (χ1) is 14.5. The molecule has 2 amide bonds. The Morgan fingerprint density at radius 3 is 2.70 bits per heavy atom. The van der Waals surface area contributed by atoms with Crippen molar-refractivity contribution in [2.75, 3.05) is 23.9 Å². The molecule has 2 heterocycles. The minimum Gasteiger partial charge on any atom is -0.497 e. The second-order valence-electron chi connectivity index (χ2n) is 7.70. The van der Waals surface area contributed by atoms with Gasteiger partial charge in [-0.3, -0.25) is 9.59 Å². The van der Waals surface area contributed by atoms with Crippen LogP contribution < -0.4 is 15.0 Å². The van der Waals surface area contributed by atoms with E-state index in [9.17, 15) is 9.59 Å². The van der Waals surface area contributed by atoms with Gasteiger partial charge in [-0.1, -0.05) is 25.1 Å². The molecule has 6 nitrogen and oxygen atoms in total. The number of rotatable bonds is 5. The summed E-state index contributed by atoms with van der Waals surface area (Å²) in [7, 11) is 3.48. The quantitative estimate of drug-likeness (QED) is 0.683. The van der Waals surface area contributed by atoms with E-state index >= 15 is 0 Å². The number of hydrogen-bond donors (Lipinski definition) is 1. The van der Waals surface area contributed by atoms with Crippen LogP contribution in [0.2, 0.25) is 0 Å². The molecule has 1 aromatic heterocycles. The highest BCUT2D eigenvalue weighted by Gasteiger charge is 2.31. The summed E-state index contributed by atoms with van der Waals surface area (Å²) < 4.78 is 7.27. The third kappa shape index (κ3) is 3.22. The molecule has 2 aromatic carbocycles. The Kier molecular flexibility index (Phi) is 5.24. The third-order valence-electron chi connectivity index (χ3n) is 5.92. The summed E-state index contributed by atoms with van der Waals surface area (Å²) in [5.41, 5.74) is 4.98. The second kappa shape index (κ2) is 7.86. The highest BCUT2D eigenvalue weighted by Crippen LogP contribution is 2.38. The molecule has 1 aliphatic heterocycles. The van der Waals surface area contributed by atoms with Gasteiger partial charge in [-0.05, 0) is 49.1 Å². The third-order valence-corrected chi connectivity index (χ3v) is 5.92. The van der Waals surface area contributed by atoms with E-state index in [1.165, 1.54) is 0 Å². The minimum atomic E-state index is -0.216. The molecule has 30 heavy (non-hydrogen) atoms. The van der Waals surface area contributed by atoms with Gasteiger partial charge in [0.1, 0.15) is 11.4 Å². The van der Waals surface area contributed by atoms with Crippen LogP contribution in [-0.2, 0) is 18.3 Å². The van der Waals surface area contributed by atoms with E-state index in [0.29, 0.717) is 30.1 Å². The lowest BCUT2D eigenvalue weighted by molar-refractivity contribution is -0.117. The van der Waals surface area contributed by atoms with Crippen molar-refractivity contribution >= 4 is 34.1 Å².